The van der Waals surface area contributed by atoms with Gasteiger partial charge in [0.05, 0.1) is 0 Å². The lowest BCUT2D eigenvalue weighted by Gasteiger charge is -2.23. The third-order valence-corrected chi connectivity index (χ3v) is 4.77. The van der Waals surface area contributed by atoms with Crippen LogP contribution in [0.1, 0.15) is 33.5 Å². The molecule has 0 amide bonds. The lowest BCUT2D eigenvalue weighted by atomic mass is 9.79. The molecular weight excluding hydrogens is 324 g/mol. The number of phenols is 2. The Morgan fingerprint density at radius 2 is 1.46 bits per heavy atom. The van der Waals surface area contributed by atoms with Crippen molar-refractivity contribution in [2.45, 2.75) is 12.8 Å². The van der Waals surface area contributed by atoms with Crippen molar-refractivity contribution in [3.8, 4) is 11.5 Å². The van der Waals surface area contributed by atoms with Crippen LogP contribution in [-0.2, 0) is 6.42 Å². The van der Waals surface area contributed by atoms with E-state index in [0.717, 1.165) is 27.8 Å². The van der Waals surface area contributed by atoms with E-state index in [1.807, 2.05) is 36.4 Å². The molecule has 3 aromatic carbocycles. The standard InChI is InChI=1S/C23H18O3/c24-18-9-6-16(7-10-18)23(26)21-12-8-17-14-19(25)11-13-20(17)22(21)15-4-2-1-3-5-15/h1-7,9-11,13-14,24-25H,8,12H2. The van der Waals surface area contributed by atoms with Gasteiger partial charge >= 0.3 is 0 Å². The van der Waals surface area contributed by atoms with E-state index in [-0.39, 0.29) is 17.3 Å². The Labute approximate surface area is 151 Å². The first-order valence-corrected chi connectivity index (χ1v) is 8.58. The molecule has 3 aromatic rings. The number of carbonyl (C=O) groups excluding carboxylic acids is 1. The first-order valence-electron chi connectivity index (χ1n) is 8.58. The number of ketones is 1. The minimum atomic E-state index is -0.0254. The molecule has 4 rings (SSSR count). The van der Waals surface area contributed by atoms with Gasteiger partial charge in [-0.1, -0.05) is 36.4 Å². The van der Waals surface area contributed by atoms with E-state index in [1.54, 1.807) is 24.3 Å². The van der Waals surface area contributed by atoms with Crippen molar-refractivity contribution in [1.29, 1.82) is 0 Å². The molecule has 3 heteroatoms. The lowest BCUT2D eigenvalue weighted by molar-refractivity contribution is 0.103. The van der Waals surface area contributed by atoms with Gasteiger partial charge in [-0.05, 0) is 71.5 Å². The molecule has 1 aliphatic rings. The molecule has 0 aliphatic heterocycles. The van der Waals surface area contributed by atoms with E-state index < -0.39 is 0 Å². The summed E-state index contributed by atoms with van der Waals surface area (Å²) in [6.07, 6.45) is 1.32. The number of carbonyl (C=O) groups is 1. The van der Waals surface area contributed by atoms with Gasteiger partial charge in [0, 0.05) is 11.1 Å². The average Bonchev–Trinajstić information content (AvgIpc) is 2.67. The fraction of sp³-hybridized carbons (Fsp3) is 0.0870. The maximum atomic E-state index is 13.2. The number of allylic oxidation sites excluding steroid dienone is 1. The van der Waals surface area contributed by atoms with Crippen LogP contribution >= 0.6 is 0 Å². The Bertz CT molecular complexity index is 999. The fourth-order valence-electron chi connectivity index (χ4n) is 3.53. The third-order valence-electron chi connectivity index (χ3n) is 4.77. The van der Waals surface area contributed by atoms with E-state index in [1.165, 1.54) is 12.1 Å². The highest BCUT2D eigenvalue weighted by atomic mass is 16.3. The molecule has 0 spiro atoms. The Morgan fingerprint density at radius 3 is 2.19 bits per heavy atom. The smallest absolute Gasteiger partial charge is 0.189 e. The second-order valence-electron chi connectivity index (χ2n) is 6.44. The number of benzene rings is 3. The van der Waals surface area contributed by atoms with Crippen molar-refractivity contribution in [3.05, 3.63) is 101 Å². The minimum absolute atomic E-state index is 0.0254. The molecular formula is C23H18O3. The summed E-state index contributed by atoms with van der Waals surface area (Å²) in [7, 11) is 0. The Kier molecular flexibility index (Phi) is 4.05. The molecule has 3 nitrogen and oxygen atoms in total. The van der Waals surface area contributed by atoms with Gasteiger partial charge in [-0.25, -0.2) is 0 Å². The summed E-state index contributed by atoms with van der Waals surface area (Å²) in [5.74, 6) is 0.357. The molecule has 0 fully saturated rings. The van der Waals surface area contributed by atoms with Crippen molar-refractivity contribution in [3.63, 3.8) is 0 Å². The van der Waals surface area contributed by atoms with Crippen LogP contribution in [0.15, 0.2) is 78.4 Å². The van der Waals surface area contributed by atoms with E-state index >= 15 is 0 Å². The summed E-state index contributed by atoms with van der Waals surface area (Å²) in [5, 5.41) is 19.3. The van der Waals surface area contributed by atoms with Crippen LogP contribution in [0, 0.1) is 0 Å². The van der Waals surface area contributed by atoms with E-state index in [0.29, 0.717) is 18.4 Å². The molecule has 2 N–H and O–H groups in total. The summed E-state index contributed by atoms with van der Waals surface area (Å²) < 4.78 is 0. The Hall–Kier alpha value is -3.33. The Balaban J connectivity index is 1.91. The second-order valence-corrected chi connectivity index (χ2v) is 6.44. The van der Waals surface area contributed by atoms with E-state index in [4.69, 9.17) is 0 Å². The number of aromatic hydroxyl groups is 2. The Morgan fingerprint density at radius 1 is 0.769 bits per heavy atom. The van der Waals surface area contributed by atoms with Gasteiger partial charge in [0.15, 0.2) is 5.78 Å². The lowest BCUT2D eigenvalue weighted by Crippen LogP contribution is -2.13. The number of hydrogen-bond donors (Lipinski definition) is 2. The van der Waals surface area contributed by atoms with Crippen molar-refractivity contribution in [1.82, 2.24) is 0 Å². The first kappa shape index (κ1) is 16.2. The van der Waals surface area contributed by atoms with Gasteiger partial charge in [0.25, 0.3) is 0 Å². The second kappa shape index (κ2) is 6.52. The molecule has 0 saturated carbocycles. The van der Waals surface area contributed by atoms with Crippen LogP contribution in [0.3, 0.4) is 0 Å². The highest BCUT2D eigenvalue weighted by molar-refractivity contribution is 6.15. The molecule has 0 atom stereocenters. The number of aryl methyl sites for hydroxylation is 1. The molecule has 0 bridgehead atoms. The molecule has 128 valence electrons. The van der Waals surface area contributed by atoms with Crippen LogP contribution in [-0.4, -0.2) is 16.0 Å². The number of hydrogen-bond acceptors (Lipinski definition) is 3. The van der Waals surface area contributed by atoms with Crippen LogP contribution in [0.25, 0.3) is 5.57 Å². The molecule has 0 heterocycles. The summed E-state index contributed by atoms with van der Waals surface area (Å²) in [5.41, 5.74) is 5.27. The van der Waals surface area contributed by atoms with Crippen molar-refractivity contribution < 1.29 is 15.0 Å². The first-order chi connectivity index (χ1) is 12.6. The van der Waals surface area contributed by atoms with Crippen molar-refractivity contribution in [2.75, 3.05) is 0 Å². The van der Waals surface area contributed by atoms with Crippen LogP contribution in [0.2, 0.25) is 0 Å². The molecule has 0 aromatic heterocycles. The van der Waals surface area contributed by atoms with Gasteiger partial charge < -0.3 is 10.2 Å². The highest BCUT2D eigenvalue weighted by Crippen LogP contribution is 2.38. The number of rotatable bonds is 3. The molecule has 1 aliphatic carbocycles. The topological polar surface area (TPSA) is 57.5 Å². The number of phenolic OH excluding ortho intramolecular Hbond substituents is 2. The zero-order valence-corrected chi connectivity index (χ0v) is 14.1. The molecule has 26 heavy (non-hydrogen) atoms. The largest absolute Gasteiger partial charge is 0.508 e. The minimum Gasteiger partial charge on any atom is -0.508 e. The summed E-state index contributed by atoms with van der Waals surface area (Å²) in [4.78, 5) is 13.2. The monoisotopic (exact) mass is 342 g/mol. The predicted octanol–water partition coefficient (Wildman–Crippen LogP) is 4.73. The zero-order valence-electron chi connectivity index (χ0n) is 14.1. The van der Waals surface area contributed by atoms with Gasteiger partial charge in [-0.3, -0.25) is 4.79 Å². The maximum Gasteiger partial charge on any atom is 0.189 e. The quantitative estimate of drug-likeness (QED) is 0.677. The number of fused-ring (bicyclic) bond motifs is 1. The average molecular weight is 342 g/mol. The van der Waals surface area contributed by atoms with Gasteiger partial charge in [0.1, 0.15) is 11.5 Å². The van der Waals surface area contributed by atoms with E-state index in [9.17, 15) is 15.0 Å². The number of Topliss-reactive ketones (excluding diaryl/α,β-unsaturated/α-hetero) is 1. The van der Waals surface area contributed by atoms with Crippen molar-refractivity contribution in [2.24, 2.45) is 0 Å². The van der Waals surface area contributed by atoms with Crippen LogP contribution in [0.4, 0.5) is 0 Å². The highest BCUT2D eigenvalue weighted by Gasteiger charge is 2.25. The fourth-order valence-corrected chi connectivity index (χ4v) is 3.53. The van der Waals surface area contributed by atoms with Gasteiger partial charge in [0.2, 0.25) is 0 Å². The van der Waals surface area contributed by atoms with E-state index in [2.05, 4.69) is 0 Å². The summed E-state index contributed by atoms with van der Waals surface area (Å²) in [6.45, 7) is 0. The predicted molar refractivity (Wildman–Crippen MR) is 101 cm³/mol. The summed E-state index contributed by atoms with van der Waals surface area (Å²) >= 11 is 0. The van der Waals surface area contributed by atoms with Gasteiger partial charge in [-0.15, -0.1) is 0 Å². The molecule has 0 saturated heterocycles. The molecule has 0 unspecified atom stereocenters. The van der Waals surface area contributed by atoms with Crippen LogP contribution < -0.4 is 0 Å². The maximum absolute atomic E-state index is 13.2. The van der Waals surface area contributed by atoms with Gasteiger partial charge in [-0.2, -0.15) is 0 Å². The SMILES string of the molecule is O=C(C1=C(c2ccccc2)c2ccc(O)cc2CC1)c1ccc(O)cc1. The molecule has 0 radical (unpaired) electrons. The third kappa shape index (κ3) is 2.88. The normalized spacial score (nSPS) is 13.4. The van der Waals surface area contributed by atoms with Crippen molar-refractivity contribution >= 4 is 11.4 Å². The van der Waals surface area contributed by atoms with Crippen LogP contribution in [0.5, 0.6) is 11.5 Å². The zero-order chi connectivity index (χ0) is 18.1. The summed E-state index contributed by atoms with van der Waals surface area (Å²) in [6, 6.07) is 21.6.